The summed E-state index contributed by atoms with van der Waals surface area (Å²) in [5.74, 6) is 0.187. The molecule has 8 nitrogen and oxygen atoms in total. The summed E-state index contributed by atoms with van der Waals surface area (Å²) in [6.45, 7) is 10.8. The summed E-state index contributed by atoms with van der Waals surface area (Å²) in [4.78, 5) is 15.1. The van der Waals surface area contributed by atoms with Gasteiger partial charge in [0.05, 0.1) is 13.2 Å². The van der Waals surface area contributed by atoms with Crippen molar-refractivity contribution in [1.82, 2.24) is 15.1 Å². The maximum Gasteiger partial charge on any atom is 0.259 e. The summed E-state index contributed by atoms with van der Waals surface area (Å²) < 4.78 is 11.5. The number of amides is 1. The van der Waals surface area contributed by atoms with Crippen LogP contribution in [0.3, 0.4) is 0 Å². The number of aliphatic hydroxyl groups is 1. The third-order valence-corrected chi connectivity index (χ3v) is 6.79. The predicted octanol–water partition coefficient (Wildman–Crippen LogP) is 3.37. The molecule has 0 aliphatic carbocycles. The van der Waals surface area contributed by atoms with Crippen LogP contribution in [0.4, 0.5) is 5.13 Å². The average Bonchev–Trinajstić information content (AvgIpc) is 3.28. The van der Waals surface area contributed by atoms with Gasteiger partial charge >= 0.3 is 0 Å². The molecule has 1 aromatic heterocycles. The smallest absolute Gasteiger partial charge is 0.259 e. The number of ether oxygens (including phenoxy) is 2. The Morgan fingerprint density at radius 2 is 1.91 bits per heavy atom. The van der Waals surface area contributed by atoms with Crippen LogP contribution in [-0.2, 0) is 14.9 Å². The van der Waals surface area contributed by atoms with Gasteiger partial charge in [0.2, 0.25) is 5.13 Å². The molecule has 2 aromatic carbocycles. The first-order valence-electron chi connectivity index (χ1n) is 11.1. The van der Waals surface area contributed by atoms with Crippen molar-refractivity contribution in [3.63, 3.8) is 0 Å². The number of rotatable bonds is 7. The SMILES string of the molecule is CC(C)(C)c1nnc(NC(=O)C(O)c2ccc(OCCN3CCOCC3)c3ccccc23)s1. The lowest BCUT2D eigenvalue weighted by atomic mass is 9.98. The molecule has 4 rings (SSSR count). The molecule has 1 saturated heterocycles. The van der Waals surface area contributed by atoms with Crippen molar-refractivity contribution >= 4 is 33.1 Å². The zero-order valence-electron chi connectivity index (χ0n) is 19.2. The fraction of sp³-hybridized carbons (Fsp3) is 0.458. The number of nitrogens with one attached hydrogen (secondary N) is 1. The Morgan fingerprint density at radius 3 is 2.61 bits per heavy atom. The molecule has 1 amide bonds. The van der Waals surface area contributed by atoms with Crippen LogP contribution < -0.4 is 10.1 Å². The Kier molecular flexibility index (Phi) is 7.23. The van der Waals surface area contributed by atoms with E-state index >= 15 is 0 Å². The number of carbonyl (C=O) groups is 1. The van der Waals surface area contributed by atoms with Crippen LogP contribution in [0.25, 0.3) is 10.8 Å². The fourth-order valence-corrected chi connectivity index (χ4v) is 4.46. The van der Waals surface area contributed by atoms with Gasteiger partial charge in [-0.3, -0.25) is 15.0 Å². The van der Waals surface area contributed by atoms with Crippen LogP contribution in [0.15, 0.2) is 36.4 Å². The molecule has 3 aromatic rings. The Hall–Kier alpha value is -2.59. The molecule has 0 saturated carbocycles. The predicted molar refractivity (Wildman–Crippen MR) is 129 cm³/mol. The lowest BCUT2D eigenvalue weighted by Gasteiger charge is -2.26. The molecule has 0 radical (unpaired) electrons. The molecule has 1 aliphatic heterocycles. The topological polar surface area (TPSA) is 96.8 Å². The largest absolute Gasteiger partial charge is 0.492 e. The molecule has 0 spiro atoms. The first kappa shape index (κ1) is 23.6. The standard InChI is InChI=1S/C24H30N4O4S/c1-24(2,3)22-26-27-23(33-22)25-21(30)20(29)18-8-9-19(17-7-5-4-6-16(17)18)32-15-12-28-10-13-31-14-11-28/h4-9,20,29H,10-15H2,1-3H3,(H,25,27,30). The summed E-state index contributed by atoms with van der Waals surface area (Å²) in [7, 11) is 0. The van der Waals surface area contributed by atoms with Crippen molar-refractivity contribution < 1.29 is 19.4 Å². The van der Waals surface area contributed by atoms with Crippen molar-refractivity contribution in [2.75, 3.05) is 44.8 Å². The van der Waals surface area contributed by atoms with Crippen molar-refractivity contribution in [2.24, 2.45) is 0 Å². The van der Waals surface area contributed by atoms with Gasteiger partial charge in [-0.05, 0) is 17.0 Å². The van der Waals surface area contributed by atoms with Crippen molar-refractivity contribution in [1.29, 1.82) is 0 Å². The van der Waals surface area contributed by atoms with Crippen LogP contribution in [0.5, 0.6) is 5.75 Å². The number of fused-ring (bicyclic) bond motifs is 1. The van der Waals surface area contributed by atoms with Crippen molar-refractivity contribution in [3.8, 4) is 5.75 Å². The van der Waals surface area contributed by atoms with E-state index in [1.54, 1.807) is 6.07 Å². The number of aliphatic hydroxyl groups excluding tert-OH is 1. The molecule has 176 valence electrons. The number of nitrogens with zero attached hydrogens (tertiary/aromatic N) is 3. The Bertz CT molecular complexity index is 1110. The van der Waals surface area contributed by atoms with Gasteiger partial charge in [-0.15, -0.1) is 10.2 Å². The molecule has 1 aliphatic rings. The summed E-state index contributed by atoms with van der Waals surface area (Å²) >= 11 is 1.31. The number of hydrogen-bond acceptors (Lipinski definition) is 8. The highest BCUT2D eigenvalue weighted by atomic mass is 32.1. The van der Waals surface area contributed by atoms with Crippen LogP contribution in [-0.4, -0.2) is 65.6 Å². The lowest BCUT2D eigenvalue weighted by Crippen LogP contribution is -2.38. The van der Waals surface area contributed by atoms with Gasteiger partial charge in [0.1, 0.15) is 17.4 Å². The zero-order valence-corrected chi connectivity index (χ0v) is 20.0. The molecule has 2 N–H and O–H groups in total. The van der Waals surface area contributed by atoms with Gasteiger partial charge in [-0.2, -0.15) is 0 Å². The normalized spacial score (nSPS) is 16.0. The second-order valence-corrected chi connectivity index (χ2v) is 10.0. The average molecular weight is 471 g/mol. The van der Waals surface area contributed by atoms with E-state index in [9.17, 15) is 9.90 Å². The monoisotopic (exact) mass is 470 g/mol. The van der Waals surface area contributed by atoms with Gasteiger partial charge < -0.3 is 14.6 Å². The van der Waals surface area contributed by atoms with Crippen LogP contribution >= 0.6 is 11.3 Å². The van der Waals surface area contributed by atoms with E-state index in [1.807, 2.05) is 51.1 Å². The number of morpholine rings is 1. The third kappa shape index (κ3) is 5.67. The molecule has 2 heterocycles. The highest BCUT2D eigenvalue weighted by Crippen LogP contribution is 2.33. The summed E-state index contributed by atoms with van der Waals surface area (Å²) in [6, 6.07) is 11.2. The van der Waals surface area contributed by atoms with Crippen LogP contribution in [0.2, 0.25) is 0 Å². The first-order valence-corrected chi connectivity index (χ1v) is 11.9. The van der Waals surface area contributed by atoms with Gasteiger partial charge in [0.25, 0.3) is 5.91 Å². The summed E-state index contributed by atoms with van der Waals surface area (Å²) in [5.41, 5.74) is 0.358. The number of anilines is 1. The quantitative estimate of drug-likeness (QED) is 0.546. The minimum absolute atomic E-state index is 0.160. The van der Waals surface area contributed by atoms with Crippen LogP contribution in [0, 0.1) is 0 Å². The number of aromatic nitrogens is 2. The minimum atomic E-state index is -1.35. The van der Waals surface area contributed by atoms with E-state index in [-0.39, 0.29) is 5.41 Å². The molecule has 1 fully saturated rings. The second kappa shape index (κ2) is 10.1. The van der Waals surface area contributed by atoms with Gasteiger partial charge in [-0.25, -0.2) is 0 Å². The second-order valence-electron chi connectivity index (χ2n) is 9.06. The number of hydrogen-bond donors (Lipinski definition) is 2. The number of benzene rings is 2. The maximum absolute atomic E-state index is 12.8. The Labute approximate surface area is 197 Å². The third-order valence-electron chi connectivity index (χ3n) is 5.53. The first-order chi connectivity index (χ1) is 15.8. The van der Waals surface area contributed by atoms with Crippen molar-refractivity contribution in [2.45, 2.75) is 32.3 Å². The molecule has 1 atom stereocenters. The Morgan fingerprint density at radius 1 is 1.18 bits per heavy atom. The minimum Gasteiger partial charge on any atom is -0.492 e. The Balaban J connectivity index is 1.47. The molecule has 1 unspecified atom stereocenters. The van der Waals surface area contributed by atoms with E-state index < -0.39 is 12.0 Å². The highest BCUT2D eigenvalue weighted by Gasteiger charge is 2.24. The van der Waals surface area contributed by atoms with Crippen LogP contribution in [0.1, 0.15) is 37.4 Å². The fourth-order valence-electron chi connectivity index (χ4n) is 3.66. The zero-order chi connectivity index (χ0) is 23.4. The maximum atomic E-state index is 12.8. The highest BCUT2D eigenvalue weighted by molar-refractivity contribution is 7.15. The van der Waals surface area contributed by atoms with Gasteiger partial charge in [-0.1, -0.05) is 62.4 Å². The summed E-state index contributed by atoms with van der Waals surface area (Å²) in [5, 5.41) is 24.5. The van der Waals surface area contributed by atoms with E-state index in [4.69, 9.17) is 9.47 Å². The molecule has 33 heavy (non-hydrogen) atoms. The van der Waals surface area contributed by atoms with Gasteiger partial charge in [0, 0.05) is 30.4 Å². The molecular formula is C24H30N4O4S. The lowest BCUT2D eigenvalue weighted by molar-refractivity contribution is -0.124. The molecule has 9 heteroatoms. The van der Waals surface area contributed by atoms with E-state index in [1.165, 1.54) is 11.3 Å². The van der Waals surface area contributed by atoms with E-state index in [0.717, 1.165) is 54.4 Å². The van der Waals surface area contributed by atoms with Gasteiger partial charge in [0.15, 0.2) is 6.10 Å². The summed E-state index contributed by atoms with van der Waals surface area (Å²) in [6.07, 6.45) is -1.35. The van der Waals surface area contributed by atoms with Crippen molar-refractivity contribution in [3.05, 3.63) is 47.0 Å². The molecule has 0 bridgehead atoms. The van der Waals surface area contributed by atoms with E-state index in [0.29, 0.717) is 17.3 Å². The molecular weight excluding hydrogens is 440 g/mol. The van der Waals surface area contributed by atoms with E-state index in [2.05, 4.69) is 20.4 Å². The number of carbonyl (C=O) groups excluding carboxylic acids is 1.